The second-order valence-electron chi connectivity index (χ2n) is 10.2. The maximum atomic E-state index is 13.3. The number of thiophene rings is 1. The van der Waals surface area contributed by atoms with E-state index in [0.717, 1.165) is 48.2 Å². The van der Waals surface area contributed by atoms with E-state index in [-0.39, 0.29) is 11.5 Å². The minimum atomic E-state index is -5.08. The Kier molecular flexibility index (Phi) is 14.4. The fraction of sp³-hybridized carbons (Fsp3) is 0.500. The van der Waals surface area contributed by atoms with Gasteiger partial charge in [0.25, 0.3) is 11.5 Å². The number of alkyl halides is 6. The number of carboxylic acid groups (broad SMARTS) is 2. The number of nitrogens with zero attached hydrogens (tertiary/aromatic N) is 3. The predicted octanol–water partition coefficient (Wildman–Crippen LogP) is 3.41. The molecule has 0 saturated carbocycles. The van der Waals surface area contributed by atoms with Crippen LogP contribution in [0.2, 0.25) is 0 Å². The van der Waals surface area contributed by atoms with Crippen molar-refractivity contribution < 1.29 is 60.4 Å². The van der Waals surface area contributed by atoms with Crippen LogP contribution in [0, 0.1) is 0 Å². The summed E-state index contributed by atoms with van der Waals surface area (Å²) in [6, 6.07) is 7.78. The fourth-order valence-electron chi connectivity index (χ4n) is 4.10. The largest absolute Gasteiger partial charge is 0.490 e. The van der Waals surface area contributed by atoms with E-state index >= 15 is 0 Å². The SMILES string of the molecule is CN(C)CCCNC(=O)c1sc2c(c1OCCN1CCOCC1)c(=O)n(C)c1ccccc21.O=C(O)C(F)(F)F.O=C(O)C(F)(F)F. The number of aryl methyl sites for hydroxylation is 1. The van der Waals surface area contributed by atoms with E-state index in [9.17, 15) is 35.9 Å². The molecule has 4 rings (SSSR count). The molecule has 262 valence electrons. The summed E-state index contributed by atoms with van der Waals surface area (Å²) in [5, 5.41) is 18.7. The van der Waals surface area contributed by atoms with Gasteiger partial charge in [-0.25, -0.2) is 9.59 Å². The maximum Gasteiger partial charge on any atom is 0.490 e. The number of rotatable bonds is 9. The average molecular weight is 701 g/mol. The number of para-hydroxylation sites is 1. The van der Waals surface area contributed by atoms with E-state index in [4.69, 9.17) is 29.3 Å². The highest BCUT2D eigenvalue weighted by atomic mass is 32.1. The van der Waals surface area contributed by atoms with Gasteiger partial charge in [0.2, 0.25) is 0 Å². The van der Waals surface area contributed by atoms with Crippen molar-refractivity contribution in [1.82, 2.24) is 19.7 Å². The Bertz CT molecular complexity index is 1560. The molecule has 0 bridgehead atoms. The number of ether oxygens (including phenoxy) is 2. The van der Waals surface area contributed by atoms with Crippen molar-refractivity contribution in [3.63, 3.8) is 0 Å². The summed E-state index contributed by atoms with van der Waals surface area (Å²) in [6.45, 7) is 5.74. The molecular weight excluding hydrogens is 666 g/mol. The lowest BCUT2D eigenvalue weighted by Crippen LogP contribution is -2.38. The number of nitrogens with one attached hydrogen (secondary N) is 1. The maximum absolute atomic E-state index is 13.3. The number of pyridine rings is 1. The normalized spacial score (nSPS) is 13.8. The zero-order valence-electron chi connectivity index (χ0n) is 25.5. The molecule has 3 N–H and O–H groups in total. The Balaban J connectivity index is 0.000000459. The van der Waals surface area contributed by atoms with Crippen molar-refractivity contribution in [2.24, 2.45) is 7.05 Å². The Labute approximate surface area is 268 Å². The van der Waals surface area contributed by atoms with Crippen molar-refractivity contribution in [2.45, 2.75) is 18.8 Å². The van der Waals surface area contributed by atoms with E-state index in [1.807, 2.05) is 38.4 Å². The predicted molar refractivity (Wildman–Crippen MR) is 160 cm³/mol. The van der Waals surface area contributed by atoms with Crippen LogP contribution < -0.4 is 15.6 Å². The number of carbonyl (C=O) groups excluding carboxylic acids is 1. The molecule has 1 aromatic carbocycles. The van der Waals surface area contributed by atoms with Crippen molar-refractivity contribution in [3.8, 4) is 5.75 Å². The van der Waals surface area contributed by atoms with E-state index in [1.165, 1.54) is 11.3 Å². The molecule has 1 fully saturated rings. The van der Waals surface area contributed by atoms with Gasteiger partial charge < -0.3 is 34.5 Å². The third-order valence-electron chi connectivity index (χ3n) is 6.41. The minimum absolute atomic E-state index is 0.145. The van der Waals surface area contributed by atoms with Crippen LogP contribution in [0.5, 0.6) is 5.75 Å². The van der Waals surface area contributed by atoms with Gasteiger partial charge in [0, 0.05) is 38.6 Å². The highest BCUT2D eigenvalue weighted by molar-refractivity contribution is 7.22. The molecule has 3 aromatic rings. The molecule has 2 aromatic heterocycles. The third kappa shape index (κ3) is 11.7. The monoisotopic (exact) mass is 700 g/mol. The van der Waals surface area contributed by atoms with Crippen LogP contribution in [0.25, 0.3) is 21.0 Å². The quantitative estimate of drug-likeness (QED) is 0.224. The van der Waals surface area contributed by atoms with Crippen LogP contribution in [0.3, 0.4) is 0 Å². The van der Waals surface area contributed by atoms with Crippen LogP contribution in [0.1, 0.15) is 16.1 Å². The second kappa shape index (κ2) is 17.3. The minimum Gasteiger partial charge on any atom is -0.490 e. The first-order chi connectivity index (χ1) is 21.9. The molecule has 1 amide bonds. The van der Waals surface area contributed by atoms with Gasteiger partial charge in [-0.15, -0.1) is 11.3 Å². The molecule has 0 atom stereocenters. The molecule has 0 unspecified atom stereocenters. The summed E-state index contributed by atoms with van der Waals surface area (Å²) in [5.41, 5.74) is 0.696. The first kappa shape index (κ1) is 39.2. The molecule has 1 aliphatic rings. The third-order valence-corrected chi connectivity index (χ3v) is 7.61. The van der Waals surface area contributed by atoms with Crippen molar-refractivity contribution in [2.75, 3.05) is 66.6 Å². The summed E-state index contributed by atoms with van der Waals surface area (Å²) in [7, 11) is 5.78. The molecule has 1 saturated heterocycles. The summed E-state index contributed by atoms with van der Waals surface area (Å²) in [6.07, 6.45) is -9.32. The van der Waals surface area contributed by atoms with Gasteiger partial charge in [0.15, 0.2) is 5.75 Å². The molecular formula is C28H34F6N4O8S. The van der Waals surface area contributed by atoms with E-state index < -0.39 is 24.3 Å². The molecule has 1 aliphatic heterocycles. The number of morpholine rings is 1. The van der Waals surface area contributed by atoms with Gasteiger partial charge in [-0.05, 0) is 33.1 Å². The van der Waals surface area contributed by atoms with Gasteiger partial charge in [0.1, 0.15) is 16.9 Å². The zero-order chi connectivity index (χ0) is 35.5. The molecule has 19 heteroatoms. The molecule has 0 radical (unpaired) electrons. The summed E-state index contributed by atoms with van der Waals surface area (Å²) < 4.78 is 77.5. The van der Waals surface area contributed by atoms with Crippen molar-refractivity contribution in [3.05, 3.63) is 39.5 Å². The lowest BCUT2D eigenvalue weighted by molar-refractivity contribution is -0.193. The Morgan fingerprint density at radius 1 is 1.02 bits per heavy atom. The molecule has 3 heterocycles. The van der Waals surface area contributed by atoms with Gasteiger partial charge >= 0.3 is 24.3 Å². The topological polar surface area (TPSA) is 151 Å². The standard InChI is InChI=1S/C24H32N4O4S.2C2HF3O2/c1-26(2)10-6-9-25-23(29)22-20(32-16-13-28-11-14-31-15-12-28)19-21(33-22)17-7-4-5-8-18(17)27(3)24(19)30;2*3-2(4,5)1(6)7/h4-5,7-8H,6,9-16H2,1-3H3,(H,25,29);2*(H,6,7). The number of hydrogen-bond donors (Lipinski definition) is 3. The highest BCUT2D eigenvalue weighted by Crippen LogP contribution is 2.39. The van der Waals surface area contributed by atoms with Gasteiger partial charge in [-0.3, -0.25) is 14.5 Å². The number of hydrogen-bond acceptors (Lipinski definition) is 9. The van der Waals surface area contributed by atoms with Crippen LogP contribution in [-0.4, -0.2) is 121 Å². The summed E-state index contributed by atoms with van der Waals surface area (Å²) in [4.78, 5) is 49.1. The summed E-state index contributed by atoms with van der Waals surface area (Å²) in [5.74, 6) is -5.30. The number of fused-ring (bicyclic) bond motifs is 3. The molecule has 47 heavy (non-hydrogen) atoms. The fourth-order valence-corrected chi connectivity index (χ4v) is 5.29. The number of carbonyl (C=O) groups is 3. The van der Waals surface area contributed by atoms with E-state index in [2.05, 4.69) is 15.1 Å². The summed E-state index contributed by atoms with van der Waals surface area (Å²) >= 11 is 1.34. The first-order valence-electron chi connectivity index (χ1n) is 13.9. The van der Waals surface area contributed by atoms with Crippen LogP contribution in [0.15, 0.2) is 29.1 Å². The van der Waals surface area contributed by atoms with Crippen LogP contribution in [0.4, 0.5) is 26.3 Å². The highest BCUT2D eigenvalue weighted by Gasteiger charge is 2.39. The van der Waals surface area contributed by atoms with Gasteiger partial charge in [-0.2, -0.15) is 26.3 Å². The Morgan fingerprint density at radius 3 is 2.11 bits per heavy atom. The van der Waals surface area contributed by atoms with Crippen molar-refractivity contribution >= 4 is 50.2 Å². The van der Waals surface area contributed by atoms with Crippen LogP contribution in [-0.2, 0) is 21.4 Å². The molecule has 12 nitrogen and oxygen atoms in total. The number of carboxylic acids is 2. The Hall–Kier alpha value is -3.94. The molecule has 0 spiro atoms. The molecule has 0 aliphatic carbocycles. The number of amides is 1. The lowest BCUT2D eigenvalue weighted by Gasteiger charge is -2.26. The average Bonchev–Trinajstić information content (AvgIpc) is 3.38. The second-order valence-corrected chi connectivity index (χ2v) is 11.2. The first-order valence-corrected chi connectivity index (χ1v) is 14.7. The van der Waals surface area contributed by atoms with Crippen molar-refractivity contribution in [1.29, 1.82) is 0 Å². The number of benzene rings is 1. The van der Waals surface area contributed by atoms with Gasteiger partial charge in [0.05, 0.1) is 23.4 Å². The van der Waals surface area contributed by atoms with Crippen LogP contribution >= 0.6 is 11.3 Å². The zero-order valence-corrected chi connectivity index (χ0v) is 26.4. The number of aliphatic carboxylic acids is 2. The number of halogens is 6. The number of aromatic nitrogens is 1. The smallest absolute Gasteiger partial charge is 0.490 e. The van der Waals surface area contributed by atoms with E-state index in [1.54, 1.807) is 11.6 Å². The Morgan fingerprint density at radius 2 is 1.57 bits per heavy atom. The van der Waals surface area contributed by atoms with E-state index in [0.29, 0.717) is 42.4 Å². The lowest BCUT2D eigenvalue weighted by atomic mass is 10.1. The van der Waals surface area contributed by atoms with Gasteiger partial charge in [-0.1, -0.05) is 18.2 Å².